The van der Waals surface area contributed by atoms with Gasteiger partial charge in [-0.25, -0.2) is 4.52 Å². The van der Waals surface area contributed by atoms with Crippen LogP contribution in [0.15, 0.2) is 24.4 Å². The number of fused-ring (bicyclic) bond motifs is 1. The summed E-state index contributed by atoms with van der Waals surface area (Å²) in [4.78, 5) is 6.51. The molecule has 0 aliphatic rings. The second kappa shape index (κ2) is 4.49. The standard InChI is InChI=1S/C11H17N5/c1-9(8-15(2)3)12-11-13-10-6-4-5-7-16(10)14-11/h4-7,9H,8H2,1-3H3,(H,12,14). The second-order valence-electron chi connectivity index (χ2n) is 4.25. The van der Waals surface area contributed by atoms with Gasteiger partial charge >= 0.3 is 0 Å². The Hall–Kier alpha value is -1.62. The van der Waals surface area contributed by atoms with Crippen LogP contribution in [0.25, 0.3) is 5.65 Å². The molecule has 0 fully saturated rings. The number of anilines is 1. The molecule has 1 N–H and O–H groups in total. The molecule has 0 saturated heterocycles. The molecule has 1 unspecified atom stereocenters. The van der Waals surface area contributed by atoms with E-state index in [1.54, 1.807) is 4.52 Å². The molecule has 0 spiro atoms. The van der Waals surface area contributed by atoms with Crippen LogP contribution >= 0.6 is 0 Å². The highest BCUT2D eigenvalue weighted by molar-refractivity contribution is 5.43. The van der Waals surface area contributed by atoms with E-state index in [-0.39, 0.29) is 0 Å². The number of hydrogen-bond donors (Lipinski definition) is 1. The van der Waals surface area contributed by atoms with Crippen LogP contribution in [0.5, 0.6) is 0 Å². The third-order valence-corrected chi connectivity index (χ3v) is 2.26. The zero-order valence-corrected chi connectivity index (χ0v) is 9.88. The van der Waals surface area contributed by atoms with Gasteiger partial charge in [-0.2, -0.15) is 4.98 Å². The van der Waals surface area contributed by atoms with Gasteiger partial charge in [-0.05, 0) is 33.2 Å². The maximum Gasteiger partial charge on any atom is 0.243 e. The van der Waals surface area contributed by atoms with Crippen LogP contribution in [0.4, 0.5) is 5.95 Å². The minimum Gasteiger partial charge on any atom is -0.349 e. The van der Waals surface area contributed by atoms with E-state index >= 15 is 0 Å². The van der Waals surface area contributed by atoms with Crippen LogP contribution < -0.4 is 5.32 Å². The largest absolute Gasteiger partial charge is 0.349 e. The van der Waals surface area contributed by atoms with Crippen LogP contribution in [0.2, 0.25) is 0 Å². The van der Waals surface area contributed by atoms with Crippen molar-refractivity contribution >= 4 is 11.6 Å². The quantitative estimate of drug-likeness (QED) is 0.836. The van der Waals surface area contributed by atoms with Gasteiger partial charge in [0.1, 0.15) is 0 Å². The van der Waals surface area contributed by atoms with Gasteiger partial charge in [0.25, 0.3) is 0 Å². The molecule has 0 saturated carbocycles. The van der Waals surface area contributed by atoms with Gasteiger partial charge in [-0.1, -0.05) is 6.07 Å². The van der Waals surface area contributed by atoms with E-state index in [1.807, 2.05) is 24.4 Å². The Morgan fingerprint density at radius 3 is 2.94 bits per heavy atom. The lowest BCUT2D eigenvalue weighted by Crippen LogP contribution is -2.30. The summed E-state index contributed by atoms with van der Waals surface area (Å²) in [5, 5.41) is 7.61. The Morgan fingerprint density at radius 1 is 1.44 bits per heavy atom. The van der Waals surface area contributed by atoms with Crippen molar-refractivity contribution in [1.82, 2.24) is 19.5 Å². The lowest BCUT2D eigenvalue weighted by atomic mass is 10.3. The molecule has 1 atom stereocenters. The summed E-state index contributed by atoms with van der Waals surface area (Å²) in [6, 6.07) is 6.16. The Balaban J connectivity index is 2.09. The zero-order chi connectivity index (χ0) is 11.5. The molecular formula is C11H17N5. The predicted octanol–water partition coefficient (Wildman–Crippen LogP) is 1.09. The first-order chi connectivity index (χ1) is 7.65. The number of nitrogens with zero attached hydrogens (tertiary/aromatic N) is 4. The molecule has 0 aromatic carbocycles. The van der Waals surface area contributed by atoms with E-state index in [2.05, 4.69) is 41.3 Å². The molecule has 86 valence electrons. The SMILES string of the molecule is CC(CN(C)C)Nc1nc2ccccn2n1. The predicted molar refractivity (Wildman–Crippen MR) is 64.6 cm³/mol. The number of aromatic nitrogens is 3. The minimum atomic E-state index is 0.326. The first-order valence-electron chi connectivity index (χ1n) is 5.38. The van der Waals surface area contributed by atoms with Gasteiger partial charge in [0.05, 0.1) is 0 Å². The van der Waals surface area contributed by atoms with Crippen molar-refractivity contribution in [1.29, 1.82) is 0 Å². The van der Waals surface area contributed by atoms with Crippen LogP contribution in [-0.4, -0.2) is 46.2 Å². The highest BCUT2D eigenvalue weighted by atomic mass is 15.3. The molecule has 5 nitrogen and oxygen atoms in total. The fourth-order valence-corrected chi connectivity index (χ4v) is 1.71. The zero-order valence-electron chi connectivity index (χ0n) is 9.88. The summed E-state index contributed by atoms with van der Waals surface area (Å²) < 4.78 is 1.77. The van der Waals surface area contributed by atoms with Gasteiger partial charge < -0.3 is 10.2 Å². The maximum atomic E-state index is 4.38. The molecule has 0 aliphatic heterocycles. The Bertz CT molecular complexity index is 429. The normalized spacial score (nSPS) is 13.2. The van der Waals surface area contributed by atoms with Crippen molar-refractivity contribution in [2.24, 2.45) is 0 Å². The van der Waals surface area contributed by atoms with Gasteiger partial charge in [0, 0.05) is 18.8 Å². The molecule has 2 aromatic heterocycles. The topological polar surface area (TPSA) is 45.5 Å². The summed E-state index contributed by atoms with van der Waals surface area (Å²) in [7, 11) is 4.10. The summed E-state index contributed by atoms with van der Waals surface area (Å²) in [5.74, 6) is 0.681. The van der Waals surface area contributed by atoms with Gasteiger partial charge in [-0.15, -0.1) is 5.10 Å². The number of nitrogens with one attached hydrogen (secondary N) is 1. The molecule has 5 heteroatoms. The molecule has 2 heterocycles. The van der Waals surface area contributed by atoms with Crippen molar-refractivity contribution in [2.45, 2.75) is 13.0 Å². The summed E-state index contributed by atoms with van der Waals surface area (Å²) in [6.45, 7) is 3.07. The average Bonchev–Trinajstić information content (AvgIpc) is 2.57. The van der Waals surface area contributed by atoms with E-state index < -0.39 is 0 Å². The van der Waals surface area contributed by atoms with E-state index in [1.165, 1.54) is 0 Å². The first kappa shape index (κ1) is 10.9. The Labute approximate surface area is 95.1 Å². The summed E-state index contributed by atoms with van der Waals surface area (Å²) in [5.41, 5.74) is 0.863. The van der Waals surface area contributed by atoms with Crippen molar-refractivity contribution in [2.75, 3.05) is 26.0 Å². The van der Waals surface area contributed by atoms with E-state index in [4.69, 9.17) is 0 Å². The van der Waals surface area contributed by atoms with E-state index in [0.717, 1.165) is 12.2 Å². The lowest BCUT2D eigenvalue weighted by Gasteiger charge is -2.16. The fraction of sp³-hybridized carbons (Fsp3) is 0.455. The third kappa shape index (κ3) is 2.49. The first-order valence-corrected chi connectivity index (χ1v) is 5.38. The Kier molecular flexibility index (Phi) is 3.05. The monoisotopic (exact) mass is 219 g/mol. The molecule has 2 aromatic rings. The second-order valence-corrected chi connectivity index (χ2v) is 4.25. The maximum absolute atomic E-state index is 4.38. The van der Waals surface area contributed by atoms with Crippen LogP contribution in [0.3, 0.4) is 0 Å². The van der Waals surface area contributed by atoms with E-state index in [0.29, 0.717) is 12.0 Å². The lowest BCUT2D eigenvalue weighted by molar-refractivity contribution is 0.391. The van der Waals surface area contributed by atoms with Gasteiger partial charge in [-0.3, -0.25) is 0 Å². The number of hydrogen-bond acceptors (Lipinski definition) is 4. The van der Waals surface area contributed by atoms with Crippen molar-refractivity contribution in [3.05, 3.63) is 24.4 Å². The number of rotatable bonds is 4. The molecule has 0 amide bonds. The van der Waals surface area contributed by atoms with Crippen LogP contribution in [0, 0.1) is 0 Å². The highest BCUT2D eigenvalue weighted by Crippen LogP contribution is 2.05. The van der Waals surface area contributed by atoms with E-state index in [9.17, 15) is 0 Å². The summed E-state index contributed by atoms with van der Waals surface area (Å²) in [6.07, 6.45) is 1.89. The molecule has 16 heavy (non-hydrogen) atoms. The molecular weight excluding hydrogens is 202 g/mol. The molecule has 2 rings (SSSR count). The smallest absolute Gasteiger partial charge is 0.243 e. The number of pyridine rings is 1. The van der Waals surface area contributed by atoms with Crippen molar-refractivity contribution in [3.63, 3.8) is 0 Å². The van der Waals surface area contributed by atoms with Crippen LogP contribution in [0.1, 0.15) is 6.92 Å². The molecule has 0 bridgehead atoms. The molecule has 0 aliphatic carbocycles. The summed E-state index contributed by atoms with van der Waals surface area (Å²) >= 11 is 0. The molecule has 0 radical (unpaired) electrons. The minimum absolute atomic E-state index is 0.326. The van der Waals surface area contributed by atoms with Gasteiger partial charge in [0.15, 0.2) is 5.65 Å². The third-order valence-electron chi connectivity index (χ3n) is 2.26. The van der Waals surface area contributed by atoms with Crippen LogP contribution in [-0.2, 0) is 0 Å². The van der Waals surface area contributed by atoms with Gasteiger partial charge in [0.2, 0.25) is 5.95 Å². The Morgan fingerprint density at radius 2 is 2.25 bits per heavy atom. The van der Waals surface area contributed by atoms with Crippen molar-refractivity contribution in [3.8, 4) is 0 Å². The fourth-order valence-electron chi connectivity index (χ4n) is 1.71. The number of likely N-dealkylation sites (N-methyl/N-ethyl adjacent to an activating group) is 1. The highest BCUT2D eigenvalue weighted by Gasteiger charge is 2.07. The average molecular weight is 219 g/mol. The van der Waals surface area contributed by atoms with Crippen molar-refractivity contribution < 1.29 is 0 Å².